The van der Waals surface area contributed by atoms with Crippen molar-refractivity contribution in [2.45, 2.75) is 6.42 Å². The molecule has 0 amide bonds. The van der Waals surface area contributed by atoms with Gasteiger partial charge < -0.3 is 9.64 Å². The Hall–Kier alpha value is -4.82. The second-order valence-corrected chi connectivity index (χ2v) is 9.35. The Bertz CT molecular complexity index is 1520. The van der Waals surface area contributed by atoms with E-state index in [1.54, 1.807) is 0 Å². The van der Waals surface area contributed by atoms with Crippen molar-refractivity contribution in [3.05, 3.63) is 168 Å². The summed E-state index contributed by atoms with van der Waals surface area (Å²) >= 11 is 0. The zero-order valence-electron chi connectivity index (χ0n) is 21.2. The molecule has 2 heteroatoms. The first-order valence-corrected chi connectivity index (χ1v) is 13.1. The van der Waals surface area contributed by atoms with E-state index in [-0.39, 0.29) is 0 Å². The van der Waals surface area contributed by atoms with Crippen molar-refractivity contribution in [2.24, 2.45) is 0 Å². The third-order valence-corrected chi connectivity index (χ3v) is 6.87. The molecule has 0 saturated heterocycles. The number of rotatable bonds is 7. The molecule has 0 spiro atoms. The topological polar surface area (TPSA) is 12.5 Å². The van der Waals surface area contributed by atoms with Crippen molar-refractivity contribution in [1.82, 2.24) is 0 Å². The molecule has 5 aromatic rings. The number of allylic oxidation sites excluding steroid dienone is 2. The van der Waals surface area contributed by atoms with Gasteiger partial charge in [0, 0.05) is 29.0 Å². The smallest absolute Gasteiger partial charge is 0.135 e. The lowest BCUT2D eigenvalue weighted by molar-refractivity contribution is 0.474. The van der Waals surface area contributed by atoms with Gasteiger partial charge in [0.15, 0.2) is 0 Å². The van der Waals surface area contributed by atoms with Crippen LogP contribution in [0.15, 0.2) is 146 Å². The van der Waals surface area contributed by atoms with Crippen LogP contribution < -0.4 is 9.64 Å². The van der Waals surface area contributed by atoms with Crippen LogP contribution in [-0.2, 0) is 6.42 Å². The molecule has 0 unspecified atom stereocenters. The standard InChI is InChI=1S/C36H29NO/c1-3-12-28(13-4-1)26-27-37(30-15-5-2-6-16-30)31-24-22-29(23-25-31)14-11-19-32-33-17-7-9-20-35(33)38-36-21-10-8-18-34(32)36/h1-25H,26-27H2. The van der Waals surface area contributed by atoms with Gasteiger partial charge in [-0.15, -0.1) is 0 Å². The van der Waals surface area contributed by atoms with Crippen LogP contribution in [0.3, 0.4) is 0 Å². The third kappa shape index (κ3) is 5.16. The lowest BCUT2D eigenvalue weighted by Crippen LogP contribution is -2.20. The molecule has 1 aliphatic heterocycles. The molecule has 1 heterocycles. The Balaban J connectivity index is 1.24. The Labute approximate surface area is 224 Å². The van der Waals surface area contributed by atoms with E-state index in [0.29, 0.717) is 0 Å². The summed E-state index contributed by atoms with van der Waals surface area (Å²) in [5.41, 5.74) is 8.30. The quantitative estimate of drug-likeness (QED) is 0.221. The first-order chi connectivity index (χ1) is 18.8. The van der Waals surface area contributed by atoms with E-state index in [4.69, 9.17) is 4.74 Å². The molecule has 184 valence electrons. The number of hydrogen-bond donors (Lipinski definition) is 0. The number of fused-ring (bicyclic) bond motifs is 2. The molecule has 0 saturated carbocycles. The van der Waals surface area contributed by atoms with Crippen molar-refractivity contribution in [3.8, 4) is 11.5 Å². The van der Waals surface area contributed by atoms with E-state index in [0.717, 1.165) is 41.2 Å². The number of benzene rings is 5. The van der Waals surface area contributed by atoms with E-state index in [2.05, 4.69) is 132 Å². The Morgan fingerprint density at radius 2 is 1.11 bits per heavy atom. The van der Waals surface area contributed by atoms with Gasteiger partial charge in [0.2, 0.25) is 0 Å². The Morgan fingerprint density at radius 1 is 0.553 bits per heavy atom. The summed E-state index contributed by atoms with van der Waals surface area (Å²) in [6.45, 7) is 0.913. The summed E-state index contributed by atoms with van der Waals surface area (Å²) in [5.74, 6) is 1.79. The molecular formula is C36H29NO. The van der Waals surface area contributed by atoms with Crippen LogP contribution in [0.4, 0.5) is 11.4 Å². The summed E-state index contributed by atoms with van der Waals surface area (Å²) in [6, 6.07) is 46.5. The number of anilines is 2. The molecule has 0 aromatic heterocycles. The maximum Gasteiger partial charge on any atom is 0.135 e. The molecule has 0 fully saturated rings. The first kappa shape index (κ1) is 23.6. The van der Waals surface area contributed by atoms with Gasteiger partial charge in [-0.05, 0) is 59.5 Å². The van der Waals surface area contributed by atoms with Gasteiger partial charge in [-0.3, -0.25) is 0 Å². The summed E-state index contributed by atoms with van der Waals surface area (Å²) in [7, 11) is 0. The summed E-state index contributed by atoms with van der Waals surface area (Å²) in [6.07, 6.45) is 7.46. The van der Waals surface area contributed by atoms with Gasteiger partial charge in [0.25, 0.3) is 0 Å². The molecule has 0 bridgehead atoms. The highest BCUT2D eigenvalue weighted by molar-refractivity contribution is 5.89. The van der Waals surface area contributed by atoms with Gasteiger partial charge in [0.05, 0.1) is 0 Å². The van der Waals surface area contributed by atoms with E-state index in [9.17, 15) is 0 Å². The largest absolute Gasteiger partial charge is 0.456 e. The van der Waals surface area contributed by atoms with Gasteiger partial charge >= 0.3 is 0 Å². The number of hydrogen-bond acceptors (Lipinski definition) is 2. The summed E-state index contributed by atoms with van der Waals surface area (Å²) in [5, 5.41) is 0. The minimum absolute atomic E-state index is 0.895. The monoisotopic (exact) mass is 491 g/mol. The third-order valence-electron chi connectivity index (χ3n) is 6.87. The Morgan fingerprint density at radius 3 is 1.76 bits per heavy atom. The van der Waals surface area contributed by atoms with Crippen LogP contribution in [0.1, 0.15) is 22.3 Å². The number of nitrogens with zero attached hydrogens (tertiary/aromatic N) is 1. The highest BCUT2D eigenvalue weighted by atomic mass is 16.5. The zero-order valence-corrected chi connectivity index (χ0v) is 21.2. The molecule has 38 heavy (non-hydrogen) atoms. The maximum absolute atomic E-state index is 6.12. The van der Waals surface area contributed by atoms with Crippen LogP contribution in [0.5, 0.6) is 11.5 Å². The van der Waals surface area contributed by atoms with Crippen molar-refractivity contribution in [3.63, 3.8) is 0 Å². The minimum Gasteiger partial charge on any atom is -0.456 e. The van der Waals surface area contributed by atoms with E-state index >= 15 is 0 Å². The van der Waals surface area contributed by atoms with Gasteiger partial charge in [0.1, 0.15) is 11.5 Å². The van der Waals surface area contributed by atoms with Crippen LogP contribution in [0, 0.1) is 0 Å². The molecule has 2 nitrogen and oxygen atoms in total. The van der Waals surface area contributed by atoms with Crippen LogP contribution >= 0.6 is 0 Å². The molecule has 5 aromatic carbocycles. The molecule has 0 radical (unpaired) electrons. The highest BCUT2D eigenvalue weighted by Crippen LogP contribution is 2.43. The number of para-hydroxylation sites is 3. The van der Waals surface area contributed by atoms with Crippen molar-refractivity contribution in [1.29, 1.82) is 0 Å². The fourth-order valence-corrected chi connectivity index (χ4v) is 4.92. The van der Waals surface area contributed by atoms with Crippen LogP contribution in [-0.4, -0.2) is 6.54 Å². The highest BCUT2D eigenvalue weighted by Gasteiger charge is 2.20. The summed E-state index contributed by atoms with van der Waals surface area (Å²) < 4.78 is 6.12. The average Bonchev–Trinajstić information content (AvgIpc) is 2.99. The predicted octanol–water partition coefficient (Wildman–Crippen LogP) is 9.32. The minimum atomic E-state index is 0.895. The van der Waals surface area contributed by atoms with E-state index in [1.165, 1.54) is 22.5 Å². The van der Waals surface area contributed by atoms with E-state index < -0.39 is 0 Å². The van der Waals surface area contributed by atoms with Gasteiger partial charge in [-0.1, -0.05) is 115 Å². The Kier molecular flexibility index (Phi) is 6.86. The predicted molar refractivity (Wildman–Crippen MR) is 159 cm³/mol. The van der Waals surface area contributed by atoms with Crippen molar-refractivity contribution < 1.29 is 4.74 Å². The fraction of sp³-hybridized carbons (Fsp3) is 0.0556. The molecule has 6 rings (SSSR count). The molecule has 0 N–H and O–H groups in total. The normalized spacial score (nSPS) is 11.9. The first-order valence-electron chi connectivity index (χ1n) is 13.1. The SMILES string of the molecule is C(=Cc1ccc(N(CCc2ccccc2)c2ccccc2)cc1)C=C1c2ccccc2Oc2ccccc21. The lowest BCUT2D eigenvalue weighted by atomic mass is 9.93. The van der Waals surface area contributed by atoms with Crippen LogP contribution in [0.25, 0.3) is 11.6 Å². The van der Waals surface area contributed by atoms with Gasteiger partial charge in [-0.25, -0.2) is 0 Å². The van der Waals surface area contributed by atoms with E-state index in [1.807, 2.05) is 24.3 Å². The van der Waals surface area contributed by atoms with Gasteiger partial charge in [-0.2, -0.15) is 0 Å². The van der Waals surface area contributed by atoms with Crippen molar-refractivity contribution >= 4 is 23.0 Å². The fourth-order valence-electron chi connectivity index (χ4n) is 4.92. The zero-order chi connectivity index (χ0) is 25.6. The lowest BCUT2D eigenvalue weighted by Gasteiger charge is -2.25. The summed E-state index contributed by atoms with van der Waals surface area (Å²) in [4.78, 5) is 2.39. The molecule has 0 atom stereocenters. The maximum atomic E-state index is 6.12. The molecular weight excluding hydrogens is 462 g/mol. The second-order valence-electron chi connectivity index (χ2n) is 9.35. The molecule has 1 aliphatic rings. The molecule has 0 aliphatic carbocycles. The number of ether oxygens (including phenoxy) is 1. The van der Waals surface area contributed by atoms with Crippen molar-refractivity contribution in [2.75, 3.05) is 11.4 Å². The average molecular weight is 492 g/mol. The second kappa shape index (κ2) is 11.1. The van der Waals surface area contributed by atoms with Crippen LogP contribution in [0.2, 0.25) is 0 Å².